The fourth-order valence-electron chi connectivity index (χ4n) is 3.87. The molecule has 3 heterocycles. The van der Waals surface area contributed by atoms with Crippen molar-refractivity contribution in [1.29, 1.82) is 0 Å². The number of hydrogen-bond donors (Lipinski definition) is 4. The lowest BCUT2D eigenvalue weighted by Gasteiger charge is -2.21. The van der Waals surface area contributed by atoms with Gasteiger partial charge in [-0.25, -0.2) is 4.98 Å². The van der Waals surface area contributed by atoms with Gasteiger partial charge in [-0.2, -0.15) is 24.2 Å². The van der Waals surface area contributed by atoms with Crippen LogP contribution >= 0.6 is 0 Å². The average molecular weight is 454 g/mol. The van der Waals surface area contributed by atoms with Crippen LogP contribution in [0.25, 0.3) is 22.2 Å². The lowest BCUT2D eigenvalue weighted by atomic mass is 9.92. The molecule has 0 atom stereocenters. The maximum absolute atomic E-state index is 13.9. The van der Waals surface area contributed by atoms with Crippen molar-refractivity contribution in [2.45, 2.75) is 12.6 Å². The van der Waals surface area contributed by atoms with Gasteiger partial charge in [0.2, 0.25) is 0 Å². The highest BCUT2D eigenvalue weighted by Crippen LogP contribution is 2.40. The largest absolute Gasteiger partial charge is 0.417 e. The van der Waals surface area contributed by atoms with Crippen LogP contribution in [0.15, 0.2) is 48.5 Å². The van der Waals surface area contributed by atoms with E-state index < -0.39 is 17.6 Å². The molecular weight excluding hydrogens is 437 g/mol. The number of halogens is 3. The Kier molecular flexibility index (Phi) is 4.90. The molecule has 4 aromatic rings. The Morgan fingerprint density at radius 3 is 2.70 bits per heavy atom. The molecule has 1 aliphatic rings. The summed E-state index contributed by atoms with van der Waals surface area (Å²) in [7, 11) is 0. The molecule has 0 spiro atoms. The van der Waals surface area contributed by atoms with Crippen molar-refractivity contribution in [2.75, 3.05) is 11.9 Å². The van der Waals surface area contributed by atoms with E-state index in [1.165, 1.54) is 18.2 Å². The lowest BCUT2D eigenvalue weighted by Crippen LogP contribution is -2.32. The third kappa shape index (κ3) is 3.82. The second-order valence-electron chi connectivity index (χ2n) is 7.49. The van der Waals surface area contributed by atoms with E-state index in [-0.39, 0.29) is 34.9 Å². The summed E-state index contributed by atoms with van der Waals surface area (Å²) >= 11 is 0. The van der Waals surface area contributed by atoms with Crippen molar-refractivity contribution in [2.24, 2.45) is 5.90 Å². The second-order valence-corrected chi connectivity index (χ2v) is 7.49. The Hall–Kier alpha value is -4.12. The van der Waals surface area contributed by atoms with E-state index in [1.54, 1.807) is 0 Å². The molecule has 1 amide bonds. The van der Waals surface area contributed by atoms with Gasteiger partial charge in [0.15, 0.2) is 11.6 Å². The van der Waals surface area contributed by atoms with Gasteiger partial charge in [0.1, 0.15) is 5.82 Å². The van der Waals surface area contributed by atoms with Crippen LogP contribution in [0.1, 0.15) is 21.5 Å². The number of aromatic nitrogens is 3. The number of para-hydroxylation sites is 1. The van der Waals surface area contributed by atoms with Gasteiger partial charge in [0.25, 0.3) is 5.91 Å². The molecule has 0 saturated carbocycles. The molecular formula is C22H17F3N6O2. The highest BCUT2D eigenvalue weighted by Gasteiger charge is 2.36. The minimum absolute atomic E-state index is 0.0613. The van der Waals surface area contributed by atoms with Crippen LogP contribution in [0, 0.1) is 0 Å². The summed E-state index contributed by atoms with van der Waals surface area (Å²) in [4.78, 5) is 21.4. The van der Waals surface area contributed by atoms with Gasteiger partial charge in [-0.05, 0) is 36.2 Å². The van der Waals surface area contributed by atoms with E-state index in [2.05, 4.69) is 25.8 Å². The minimum Gasteiger partial charge on any atom is -0.411 e. The molecule has 5 rings (SSSR count). The molecule has 8 nitrogen and oxygen atoms in total. The molecule has 0 aliphatic carbocycles. The van der Waals surface area contributed by atoms with Crippen molar-refractivity contribution in [3.63, 3.8) is 0 Å². The third-order valence-electron chi connectivity index (χ3n) is 5.40. The molecule has 11 heteroatoms. The van der Waals surface area contributed by atoms with Crippen LogP contribution in [-0.2, 0) is 12.6 Å². The van der Waals surface area contributed by atoms with E-state index in [4.69, 9.17) is 10.7 Å². The summed E-state index contributed by atoms with van der Waals surface area (Å²) in [5, 5.41) is 13.5. The van der Waals surface area contributed by atoms with Crippen molar-refractivity contribution in [3.8, 4) is 17.0 Å². The van der Waals surface area contributed by atoms with Gasteiger partial charge < -0.3 is 15.5 Å². The van der Waals surface area contributed by atoms with Crippen LogP contribution in [0.4, 0.5) is 24.8 Å². The van der Waals surface area contributed by atoms with Crippen LogP contribution in [0.5, 0.6) is 5.75 Å². The number of rotatable bonds is 4. The lowest BCUT2D eigenvalue weighted by molar-refractivity contribution is -0.137. The van der Waals surface area contributed by atoms with Crippen molar-refractivity contribution in [1.82, 2.24) is 20.5 Å². The summed E-state index contributed by atoms with van der Waals surface area (Å²) in [6, 6.07) is 12.3. The summed E-state index contributed by atoms with van der Waals surface area (Å²) in [6.45, 7) is 0.281. The van der Waals surface area contributed by atoms with E-state index in [9.17, 15) is 18.0 Å². The molecule has 0 bridgehead atoms. The van der Waals surface area contributed by atoms with Crippen LogP contribution in [-0.4, -0.2) is 27.6 Å². The number of aromatic amines is 1. The molecule has 0 fully saturated rings. The van der Waals surface area contributed by atoms with Crippen molar-refractivity contribution in [3.05, 3.63) is 65.2 Å². The molecule has 1 aliphatic heterocycles. The zero-order valence-electron chi connectivity index (χ0n) is 17.0. The zero-order chi connectivity index (χ0) is 23.2. The maximum atomic E-state index is 13.9. The Labute approximate surface area is 184 Å². The predicted molar refractivity (Wildman–Crippen MR) is 115 cm³/mol. The first-order chi connectivity index (χ1) is 15.8. The number of carbonyl (C=O) groups excluding carboxylic acids is 1. The first-order valence-corrected chi connectivity index (χ1v) is 9.95. The number of amides is 1. The van der Waals surface area contributed by atoms with E-state index in [0.717, 1.165) is 17.0 Å². The van der Waals surface area contributed by atoms with Crippen LogP contribution < -0.4 is 21.4 Å². The average Bonchev–Trinajstić information content (AvgIpc) is 3.20. The number of anilines is 2. The van der Waals surface area contributed by atoms with Gasteiger partial charge in [0, 0.05) is 35.2 Å². The van der Waals surface area contributed by atoms with Crippen molar-refractivity contribution < 1.29 is 22.8 Å². The topological polar surface area (TPSA) is 118 Å². The molecule has 168 valence electrons. The quantitative estimate of drug-likeness (QED) is 0.347. The molecule has 5 N–H and O–H groups in total. The predicted octanol–water partition coefficient (Wildman–Crippen LogP) is 3.93. The normalized spacial score (nSPS) is 13.5. The zero-order valence-corrected chi connectivity index (χ0v) is 17.0. The number of carbonyl (C=O) groups is 1. The summed E-state index contributed by atoms with van der Waals surface area (Å²) in [5.74, 6) is 5.57. The van der Waals surface area contributed by atoms with Gasteiger partial charge in [0.05, 0.1) is 16.8 Å². The van der Waals surface area contributed by atoms with Gasteiger partial charge in [-0.1, -0.05) is 12.1 Å². The fourth-order valence-corrected chi connectivity index (χ4v) is 3.87. The monoisotopic (exact) mass is 454 g/mol. The Bertz CT molecular complexity index is 1380. The summed E-state index contributed by atoms with van der Waals surface area (Å²) in [5.41, 5.74) is 0.0709. The summed E-state index contributed by atoms with van der Waals surface area (Å²) < 4.78 is 41.8. The number of benzene rings is 2. The number of pyridine rings is 1. The number of nitrogens with one attached hydrogen (secondary N) is 3. The van der Waals surface area contributed by atoms with Gasteiger partial charge in [-0.15, -0.1) is 0 Å². The van der Waals surface area contributed by atoms with Gasteiger partial charge >= 0.3 is 6.18 Å². The van der Waals surface area contributed by atoms with E-state index in [0.29, 0.717) is 17.8 Å². The SMILES string of the molecule is NOc1cc(Nc2n[nH]c3ccccc23)nc(-c2cc3c(cc2C(F)(F)F)CCNC3=O)c1. The molecule has 33 heavy (non-hydrogen) atoms. The number of H-pyrrole nitrogens is 1. The Morgan fingerprint density at radius 1 is 1.09 bits per heavy atom. The highest BCUT2D eigenvalue weighted by atomic mass is 19.4. The minimum atomic E-state index is -4.66. The van der Waals surface area contributed by atoms with Gasteiger partial charge in [-0.3, -0.25) is 9.89 Å². The fraction of sp³-hybridized carbons (Fsp3) is 0.136. The Balaban J connectivity index is 1.65. The number of hydrogen-bond acceptors (Lipinski definition) is 6. The number of nitrogens with zero attached hydrogens (tertiary/aromatic N) is 2. The third-order valence-corrected chi connectivity index (χ3v) is 5.40. The van der Waals surface area contributed by atoms with E-state index in [1.807, 2.05) is 24.3 Å². The first kappa shape index (κ1) is 20.8. The smallest absolute Gasteiger partial charge is 0.411 e. The van der Waals surface area contributed by atoms with Crippen LogP contribution in [0.3, 0.4) is 0 Å². The number of fused-ring (bicyclic) bond motifs is 2. The maximum Gasteiger partial charge on any atom is 0.417 e. The summed E-state index contributed by atoms with van der Waals surface area (Å²) in [6.07, 6.45) is -4.35. The van der Waals surface area contributed by atoms with Crippen LogP contribution in [0.2, 0.25) is 0 Å². The molecule has 0 radical (unpaired) electrons. The Morgan fingerprint density at radius 2 is 1.91 bits per heavy atom. The molecule has 2 aromatic carbocycles. The van der Waals surface area contributed by atoms with Crippen molar-refractivity contribution >= 4 is 28.4 Å². The molecule has 0 saturated heterocycles. The second kappa shape index (κ2) is 7.78. The molecule has 2 aromatic heterocycles. The standard InChI is InChI=1S/C22H17F3N6O2/c23-22(24,25)16-7-11-5-6-27-21(32)14(11)10-15(16)18-8-12(33-26)9-19(28-18)29-20-13-3-1-2-4-17(13)30-31-20/h1-4,7-10H,5-6,26H2,(H,27,32)(H2,28,29,30,31). The molecule has 0 unspecified atom stereocenters. The first-order valence-electron chi connectivity index (χ1n) is 9.95. The number of nitrogens with two attached hydrogens (primary N) is 1. The van der Waals surface area contributed by atoms with E-state index >= 15 is 0 Å². The number of alkyl halides is 3. The highest BCUT2D eigenvalue weighted by molar-refractivity contribution is 5.98.